The number of anilines is 1. The molecule has 0 saturated heterocycles. The number of amides is 1. The van der Waals surface area contributed by atoms with Crippen molar-refractivity contribution in [3.05, 3.63) is 68.5 Å². The first-order valence-corrected chi connectivity index (χ1v) is 12.6. The number of sulfonamides is 1. The fourth-order valence-corrected chi connectivity index (χ4v) is 5.60. The van der Waals surface area contributed by atoms with Gasteiger partial charge in [0, 0.05) is 16.7 Å². The molecule has 4 bridgehead atoms. The first-order valence-electron chi connectivity index (χ1n) is 9.65. The third-order valence-corrected chi connectivity index (χ3v) is 7.45. The molecule has 1 amide bonds. The Hall–Kier alpha value is -2.57. The molecule has 0 aliphatic carbocycles. The van der Waals surface area contributed by atoms with Crippen LogP contribution >= 0.6 is 34.2 Å². The highest BCUT2D eigenvalue weighted by Crippen LogP contribution is 2.39. The van der Waals surface area contributed by atoms with Crippen molar-refractivity contribution in [3.63, 3.8) is 0 Å². The van der Waals surface area contributed by atoms with Gasteiger partial charge < -0.3 is 15.2 Å². The lowest BCUT2D eigenvalue weighted by atomic mass is 10.0. The van der Waals surface area contributed by atoms with Gasteiger partial charge in [-0.2, -0.15) is 0 Å². The number of hydrogen-bond donors (Lipinski definition) is 3. The molecule has 0 radical (unpaired) electrons. The van der Waals surface area contributed by atoms with Crippen LogP contribution in [0.1, 0.15) is 17.3 Å². The number of carbonyl (C=O) groups excluding carboxylic acids is 1. The summed E-state index contributed by atoms with van der Waals surface area (Å²) in [7, 11) is -4.48. The SMILES string of the molecule is C[C@H]1CNC(=O)c2cc(I)c(O)c(c2)S(=O)(=O)Nc2cc(c(Cl)cc2F)-c2ccccc2O1. The molecule has 1 heterocycles. The minimum absolute atomic E-state index is 0.0114. The lowest BCUT2D eigenvalue weighted by Gasteiger charge is -2.19. The lowest BCUT2D eigenvalue weighted by Crippen LogP contribution is -2.33. The molecule has 1 aliphatic heterocycles. The molecule has 0 fully saturated rings. The number of phenols is 1. The van der Waals surface area contributed by atoms with E-state index in [0.29, 0.717) is 16.9 Å². The van der Waals surface area contributed by atoms with Crippen LogP contribution in [-0.2, 0) is 10.0 Å². The molecule has 33 heavy (non-hydrogen) atoms. The van der Waals surface area contributed by atoms with Gasteiger partial charge in [0.25, 0.3) is 15.9 Å². The number of para-hydroxylation sites is 1. The maximum absolute atomic E-state index is 14.7. The molecule has 11 heteroatoms. The molecule has 4 rings (SSSR count). The molecule has 1 atom stereocenters. The predicted octanol–water partition coefficient (Wildman–Crippen LogP) is 4.77. The zero-order valence-electron chi connectivity index (χ0n) is 17.0. The highest BCUT2D eigenvalue weighted by molar-refractivity contribution is 14.1. The van der Waals surface area contributed by atoms with Crippen LogP contribution in [0.3, 0.4) is 0 Å². The second-order valence-corrected chi connectivity index (χ2v) is 10.6. The molecule has 3 aromatic rings. The van der Waals surface area contributed by atoms with Gasteiger partial charge in [-0.15, -0.1) is 0 Å². The molecular formula is C22H17ClFIN2O5S. The summed E-state index contributed by atoms with van der Waals surface area (Å²) in [5.74, 6) is -1.60. The minimum atomic E-state index is -4.48. The maximum atomic E-state index is 14.7. The number of hydrogen-bond acceptors (Lipinski definition) is 5. The largest absolute Gasteiger partial charge is 0.505 e. The monoisotopic (exact) mass is 602 g/mol. The highest BCUT2D eigenvalue weighted by Gasteiger charge is 2.26. The van der Waals surface area contributed by atoms with Gasteiger partial charge in [0.05, 0.1) is 20.8 Å². The van der Waals surface area contributed by atoms with Crippen molar-refractivity contribution < 1.29 is 27.4 Å². The van der Waals surface area contributed by atoms with Crippen molar-refractivity contribution in [1.82, 2.24) is 5.32 Å². The second kappa shape index (κ2) is 8.99. The fourth-order valence-electron chi connectivity index (χ4n) is 3.33. The number of nitrogens with one attached hydrogen (secondary N) is 2. The van der Waals surface area contributed by atoms with E-state index >= 15 is 0 Å². The Balaban J connectivity index is 1.96. The number of phenolic OH excluding ortho intramolecular Hbond substituents is 1. The van der Waals surface area contributed by atoms with Crippen LogP contribution in [-0.4, -0.2) is 32.1 Å². The Morgan fingerprint density at radius 2 is 1.91 bits per heavy atom. The van der Waals surface area contributed by atoms with Crippen molar-refractivity contribution >= 4 is 55.8 Å². The average molecular weight is 603 g/mol. The van der Waals surface area contributed by atoms with E-state index in [-0.39, 0.29) is 26.4 Å². The van der Waals surface area contributed by atoms with Crippen LogP contribution in [0, 0.1) is 9.39 Å². The number of rotatable bonds is 0. The van der Waals surface area contributed by atoms with Crippen LogP contribution in [0.2, 0.25) is 5.02 Å². The summed E-state index contributed by atoms with van der Waals surface area (Å²) >= 11 is 8.01. The van der Waals surface area contributed by atoms with Crippen molar-refractivity contribution in [3.8, 4) is 22.6 Å². The molecule has 0 spiro atoms. The van der Waals surface area contributed by atoms with Gasteiger partial charge in [-0.3, -0.25) is 9.52 Å². The fraction of sp³-hybridized carbons (Fsp3) is 0.136. The third-order valence-electron chi connectivity index (χ3n) is 4.94. The zero-order valence-corrected chi connectivity index (χ0v) is 20.8. The van der Waals surface area contributed by atoms with Crippen molar-refractivity contribution in [1.29, 1.82) is 0 Å². The van der Waals surface area contributed by atoms with E-state index in [1.165, 1.54) is 12.1 Å². The van der Waals surface area contributed by atoms with Gasteiger partial charge in [-0.1, -0.05) is 29.8 Å². The Morgan fingerprint density at radius 3 is 2.67 bits per heavy atom. The quantitative estimate of drug-likeness (QED) is 0.322. The van der Waals surface area contributed by atoms with E-state index in [4.69, 9.17) is 16.3 Å². The van der Waals surface area contributed by atoms with Gasteiger partial charge in [0.2, 0.25) is 0 Å². The van der Waals surface area contributed by atoms with E-state index in [1.807, 2.05) is 0 Å². The first-order chi connectivity index (χ1) is 15.6. The molecular weight excluding hydrogens is 586 g/mol. The van der Waals surface area contributed by atoms with E-state index < -0.39 is 38.5 Å². The summed E-state index contributed by atoms with van der Waals surface area (Å²) in [4.78, 5) is 12.1. The molecule has 3 aromatic carbocycles. The highest BCUT2D eigenvalue weighted by atomic mass is 127. The summed E-state index contributed by atoms with van der Waals surface area (Å²) in [6.07, 6.45) is -0.462. The summed E-state index contributed by atoms with van der Waals surface area (Å²) < 4.78 is 49.2. The third kappa shape index (κ3) is 4.73. The predicted molar refractivity (Wildman–Crippen MR) is 131 cm³/mol. The maximum Gasteiger partial charge on any atom is 0.265 e. The Kier molecular flexibility index (Phi) is 6.43. The molecule has 1 aliphatic rings. The molecule has 0 unspecified atom stereocenters. The molecule has 3 N–H and O–H groups in total. The van der Waals surface area contributed by atoms with Crippen LogP contribution in [0.5, 0.6) is 11.5 Å². The molecule has 0 saturated carbocycles. The van der Waals surface area contributed by atoms with E-state index in [2.05, 4.69) is 10.0 Å². The van der Waals surface area contributed by atoms with Crippen LogP contribution < -0.4 is 14.8 Å². The van der Waals surface area contributed by atoms with Gasteiger partial charge in [0.1, 0.15) is 28.3 Å². The smallest absolute Gasteiger partial charge is 0.265 e. The number of benzene rings is 3. The lowest BCUT2D eigenvalue weighted by molar-refractivity contribution is 0.0932. The molecule has 0 aromatic heterocycles. The Morgan fingerprint density at radius 1 is 1.18 bits per heavy atom. The Bertz CT molecular complexity index is 1380. The number of fused-ring (bicyclic) bond motifs is 6. The Labute approximate surface area is 208 Å². The summed E-state index contributed by atoms with van der Waals surface area (Å²) in [5.41, 5.74) is 0.479. The van der Waals surface area contributed by atoms with Gasteiger partial charge in [-0.25, -0.2) is 12.8 Å². The number of ether oxygens (including phenoxy) is 1. The summed E-state index contributed by atoms with van der Waals surface area (Å²) in [6, 6.07) is 11.5. The topological polar surface area (TPSA) is 105 Å². The van der Waals surface area contributed by atoms with Crippen LogP contribution in [0.4, 0.5) is 10.1 Å². The normalized spacial score (nSPS) is 17.5. The second-order valence-electron chi connectivity index (χ2n) is 7.36. The van der Waals surface area contributed by atoms with Crippen molar-refractivity contribution in [2.45, 2.75) is 17.9 Å². The van der Waals surface area contributed by atoms with Gasteiger partial charge in [0.15, 0.2) is 0 Å². The number of carbonyl (C=O) groups is 1. The van der Waals surface area contributed by atoms with Gasteiger partial charge >= 0.3 is 0 Å². The molecule has 7 nitrogen and oxygen atoms in total. The van der Waals surface area contributed by atoms with E-state index in [1.54, 1.807) is 53.8 Å². The van der Waals surface area contributed by atoms with Crippen molar-refractivity contribution in [2.24, 2.45) is 0 Å². The van der Waals surface area contributed by atoms with Crippen molar-refractivity contribution in [2.75, 3.05) is 11.3 Å². The average Bonchev–Trinajstić information content (AvgIpc) is 2.75. The van der Waals surface area contributed by atoms with Crippen LogP contribution in [0.15, 0.2) is 53.4 Å². The first kappa shape index (κ1) is 23.6. The zero-order chi connectivity index (χ0) is 23.9. The number of halogens is 3. The van der Waals surface area contributed by atoms with E-state index in [9.17, 15) is 22.7 Å². The van der Waals surface area contributed by atoms with Gasteiger partial charge in [-0.05, 0) is 59.8 Å². The summed E-state index contributed by atoms with van der Waals surface area (Å²) in [6.45, 7) is 1.87. The van der Waals surface area contributed by atoms with Crippen LogP contribution in [0.25, 0.3) is 11.1 Å². The summed E-state index contributed by atoms with van der Waals surface area (Å²) in [5, 5.41) is 13.1. The number of aromatic hydroxyl groups is 1. The standard InChI is InChI=1S/C22H17ClFIN2O5S/c1-11-10-26-22(29)12-6-17(25)21(28)20(7-12)33(30,31)27-18-8-14(15(23)9-16(18)24)13-4-2-3-5-19(13)32-11/h2-9,11,27-28H,10H2,1H3,(H,26,29)/t11-/m0/s1. The minimum Gasteiger partial charge on any atom is -0.505 e. The molecule has 172 valence electrons. The van der Waals surface area contributed by atoms with E-state index in [0.717, 1.165) is 12.1 Å².